The van der Waals surface area contributed by atoms with E-state index < -0.39 is 30.8 Å². The molecular formula is C11H12F2N2O2. The van der Waals surface area contributed by atoms with Gasteiger partial charge in [-0.2, -0.15) is 0 Å². The lowest BCUT2D eigenvalue weighted by Gasteiger charge is -2.11. The van der Waals surface area contributed by atoms with E-state index in [0.717, 1.165) is 0 Å². The molecule has 1 fully saturated rings. The number of anilines is 1. The maximum absolute atomic E-state index is 12.9. The van der Waals surface area contributed by atoms with Gasteiger partial charge in [-0.25, -0.2) is 8.78 Å². The van der Waals surface area contributed by atoms with Gasteiger partial charge in [0.05, 0.1) is 18.3 Å². The molecule has 0 radical (unpaired) electrons. The number of amides is 1. The Kier molecular flexibility index (Phi) is 2.97. The molecule has 1 saturated heterocycles. The number of aromatic hydroxyl groups is 1. The Balaban J connectivity index is 2.01. The summed E-state index contributed by atoms with van der Waals surface area (Å²) in [5, 5.41) is 14.3. The normalized spacial score (nSPS) is 22.4. The van der Waals surface area contributed by atoms with Crippen LogP contribution in [0.5, 0.6) is 5.75 Å². The van der Waals surface area contributed by atoms with E-state index in [1.807, 2.05) is 0 Å². The van der Waals surface area contributed by atoms with Crippen molar-refractivity contribution in [2.45, 2.75) is 18.4 Å². The third-order valence-electron chi connectivity index (χ3n) is 2.59. The van der Waals surface area contributed by atoms with Crippen LogP contribution >= 0.6 is 0 Å². The Hall–Kier alpha value is -1.69. The summed E-state index contributed by atoms with van der Waals surface area (Å²) in [4.78, 5) is 11.6. The molecule has 1 unspecified atom stereocenters. The third-order valence-corrected chi connectivity index (χ3v) is 2.59. The van der Waals surface area contributed by atoms with Crippen molar-refractivity contribution in [3.05, 3.63) is 24.3 Å². The quantitative estimate of drug-likeness (QED) is 0.685. The fourth-order valence-electron chi connectivity index (χ4n) is 1.70. The van der Waals surface area contributed by atoms with Gasteiger partial charge in [-0.05, 0) is 12.1 Å². The molecule has 0 aromatic heterocycles. The van der Waals surface area contributed by atoms with Crippen molar-refractivity contribution in [2.24, 2.45) is 0 Å². The van der Waals surface area contributed by atoms with Crippen molar-refractivity contribution in [2.75, 3.05) is 11.9 Å². The van der Waals surface area contributed by atoms with Crippen LogP contribution in [0, 0.1) is 0 Å². The van der Waals surface area contributed by atoms with Crippen molar-refractivity contribution in [1.29, 1.82) is 0 Å². The molecule has 1 aromatic carbocycles. The van der Waals surface area contributed by atoms with Gasteiger partial charge < -0.3 is 10.4 Å². The standard InChI is InChI=1S/C11H12F2N2O2/c12-11(13)5-8(14-6-11)10(17)15-7-3-1-2-4-9(7)16/h1-4,8,14,16H,5-6H2,(H,15,17). The molecule has 6 heteroatoms. The van der Waals surface area contributed by atoms with E-state index in [0.29, 0.717) is 0 Å². The number of rotatable bonds is 2. The van der Waals surface area contributed by atoms with Crippen LogP contribution in [0.1, 0.15) is 6.42 Å². The van der Waals surface area contributed by atoms with Crippen LogP contribution in [0.4, 0.5) is 14.5 Å². The lowest BCUT2D eigenvalue weighted by atomic mass is 10.2. The molecule has 1 heterocycles. The second-order valence-electron chi connectivity index (χ2n) is 4.00. The van der Waals surface area contributed by atoms with Crippen molar-refractivity contribution < 1.29 is 18.7 Å². The van der Waals surface area contributed by atoms with Gasteiger partial charge in [0, 0.05) is 6.42 Å². The number of carbonyl (C=O) groups is 1. The van der Waals surface area contributed by atoms with Crippen LogP contribution in [-0.2, 0) is 4.79 Å². The van der Waals surface area contributed by atoms with E-state index in [1.54, 1.807) is 12.1 Å². The van der Waals surface area contributed by atoms with Gasteiger partial charge in [-0.15, -0.1) is 0 Å². The lowest BCUT2D eigenvalue weighted by molar-refractivity contribution is -0.118. The largest absolute Gasteiger partial charge is 0.506 e. The number of carbonyl (C=O) groups excluding carboxylic acids is 1. The molecule has 0 bridgehead atoms. The molecule has 1 aliphatic rings. The first-order valence-electron chi connectivity index (χ1n) is 5.18. The van der Waals surface area contributed by atoms with Crippen LogP contribution in [-0.4, -0.2) is 29.5 Å². The summed E-state index contributed by atoms with van der Waals surface area (Å²) in [6, 6.07) is 5.22. The van der Waals surface area contributed by atoms with Gasteiger partial charge in [-0.1, -0.05) is 12.1 Å². The maximum atomic E-state index is 12.9. The third kappa shape index (κ3) is 2.71. The Morgan fingerprint density at radius 3 is 2.76 bits per heavy atom. The minimum Gasteiger partial charge on any atom is -0.506 e. The molecule has 0 spiro atoms. The van der Waals surface area contributed by atoms with Gasteiger partial charge >= 0.3 is 0 Å². The molecule has 1 aromatic rings. The van der Waals surface area contributed by atoms with E-state index >= 15 is 0 Å². The highest BCUT2D eigenvalue weighted by Gasteiger charge is 2.42. The topological polar surface area (TPSA) is 61.4 Å². The molecule has 3 N–H and O–H groups in total. The summed E-state index contributed by atoms with van der Waals surface area (Å²) in [6.07, 6.45) is -0.521. The molecule has 1 atom stereocenters. The first-order valence-corrected chi connectivity index (χ1v) is 5.18. The van der Waals surface area contributed by atoms with E-state index in [2.05, 4.69) is 10.6 Å². The molecular weight excluding hydrogens is 230 g/mol. The predicted molar refractivity (Wildman–Crippen MR) is 58.1 cm³/mol. The highest BCUT2D eigenvalue weighted by atomic mass is 19.3. The SMILES string of the molecule is O=C(Nc1ccccc1O)C1CC(F)(F)CN1. The zero-order chi connectivity index (χ0) is 12.5. The summed E-state index contributed by atoms with van der Waals surface area (Å²) >= 11 is 0. The number of phenols is 1. The van der Waals surface area contributed by atoms with Crippen LogP contribution in [0.2, 0.25) is 0 Å². The Morgan fingerprint density at radius 2 is 2.18 bits per heavy atom. The molecule has 0 saturated carbocycles. The fourth-order valence-corrected chi connectivity index (χ4v) is 1.70. The fraction of sp³-hybridized carbons (Fsp3) is 0.364. The maximum Gasteiger partial charge on any atom is 0.262 e. The summed E-state index contributed by atoms with van der Waals surface area (Å²) in [5.41, 5.74) is 0.217. The molecule has 2 rings (SSSR count). The summed E-state index contributed by atoms with van der Waals surface area (Å²) < 4.78 is 25.8. The van der Waals surface area contributed by atoms with Crippen molar-refractivity contribution in [3.8, 4) is 5.75 Å². The number of nitrogens with one attached hydrogen (secondary N) is 2. The van der Waals surface area contributed by atoms with Gasteiger partial charge in [0.15, 0.2) is 0 Å². The second kappa shape index (κ2) is 4.29. The molecule has 17 heavy (non-hydrogen) atoms. The predicted octanol–water partition coefficient (Wildman–Crippen LogP) is 1.33. The van der Waals surface area contributed by atoms with Crippen LogP contribution in [0.15, 0.2) is 24.3 Å². The Bertz CT molecular complexity index is 437. The van der Waals surface area contributed by atoms with Gasteiger partial charge in [0.1, 0.15) is 5.75 Å². The zero-order valence-corrected chi connectivity index (χ0v) is 8.91. The molecule has 0 aliphatic carbocycles. The minimum absolute atomic E-state index is 0.0920. The monoisotopic (exact) mass is 242 g/mol. The minimum atomic E-state index is -2.85. The number of halogens is 2. The number of alkyl halides is 2. The zero-order valence-electron chi connectivity index (χ0n) is 8.91. The second-order valence-corrected chi connectivity index (χ2v) is 4.00. The van der Waals surface area contributed by atoms with E-state index in [-0.39, 0.29) is 11.4 Å². The summed E-state index contributed by atoms with van der Waals surface area (Å²) in [6.45, 7) is -0.494. The summed E-state index contributed by atoms with van der Waals surface area (Å²) in [5.74, 6) is -3.50. The van der Waals surface area contributed by atoms with Crippen molar-refractivity contribution in [3.63, 3.8) is 0 Å². The van der Waals surface area contributed by atoms with Crippen molar-refractivity contribution in [1.82, 2.24) is 5.32 Å². The smallest absolute Gasteiger partial charge is 0.262 e. The molecule has 1 amide bonds. The van der Waals surface area contributed by atoms with Gasteiger partial charge in [0.25, 0.3) is 5.92 Å². The number of hydrogen-bond donors (Lipinski definition) is 3. The number of para-hydroxylation sites is 2. The first kappa shape index (κ1) is 11.8. The lowest BCUT2D eigenvalue weighted by Crippen LogP contribution is -2.35. The molecule has 4 nitrogen and oxygen atoms in total. The Labute approximate surface area is 96.6 Å². The van der Waals surface area contributed by atoms with E-state index in [9.17, 15) is 18.7 Å². The highest BCUT2D eigenvalue weighted by Crippen LogP contribution is 2.27. The number of hydrogen-bond acceptors (Lipinski definition) is 3. The van der Waals surface area contributed by atoms with E-state index in [4.69, 9.17) is 0 Å². The van der Waals surface area contributed by atoms with Crippen LogP contribution in [0.3, 0.4) is 0 Å². The highest BCUT2D eigenvalue weighted by molar-refractivity contribution is 5.96. The molecule has 92 valence electrons. The van der Waals surface area contributed by atoms with Gasteiger partial charge in [-0.3, -0.25) is 10.1 Å². The average Bonchev–Trinajstić information content (AvgIpc) is 2.62. The van der Waals surface area contributed by atoms with Crippen LogP contribution < -0.4 is 10.6 Å². The first-order chi connectivity index (χ1) is 7.98. The summed E-state index contributed by atoms with van der Waals surface area (Å²) in [7, 11) is 0. The molecule has 1 aliphatic heterocycles. The number of phenolic OH excluding ortho intramolecular Hbond substituents is 1. The van der Waals surface area contributed by atoms with Gasteiger partial charge in [0.2, 0.25) is 5.91 Å². The van der Waals surface area contributed by atoms with E-state index in [1.165, 1.54) is 12.1 Å². The van der Waals surface area contributed by atoms with Crippen molar-refractivity contribution >= 4 is 11.6 Å². The van der Waals surface area contributed by atoms with Crippen LogP contribution in [0.25, 0.3) is 0 Å². The number of benzene rings is 1. The Morgan fingerprint density at radius 1 is 1.47 bits per heavy atom. The average molecular weight is 242 g/mol.